The molecule has 1 radical (unpaired) electrons. The number of nitrogens with two attached hydrogens (primary N) is 4. The van der Waals surface area contributed by atoms with Crippen LogP contribution in [0, 0.1) is 0 Å². The third-order valence-electron chi connectivity index (χ3n) is 8.96. The summed E-state index contributed by atoms with van der Waals surface area (Å²) in [5.74, 6) is -0.00951. The Hall–Kier alpha value is -5.60. The SMILES string of the molecule is NS(=O)(=O)c1c(S(N)(=O)=O)c(S(N)(=O)=O)c2c3nc4nc(nc5[nH]c(nc6nc(nc([nH]3)c2c1S(N)(=O)=O)-c1ccccc1-6)c1ccccc51)-c1ccccc1-4.[Cu]. The summed E-state index contributed by atoms with van der Waals surface area (Å²) in [5.41, 5.74) is 1.13. The van der Waals surface area contributed by atoms with E-state index in [1.54, 1.807) is 48.5 Å². The smallest absolute Gasteiger partial charge is 0.240 e. The number of aromatic amines is 2. The minimum Gasteiger partial charge on any atom is -0.324 e. The van der Waals surface area contributed by atoms with E-state index in [4.69, 9.17) is 30.5 Å². The van der Waals surface area contributed by atoms with Gasteiger partial charge in [0, 0.05) is 50.1 Å². The van der Waals surface area contributed by atoms with E-state index in [1.807, 2.05) is 24.3 Å². The number of benzene rings is 4. The van der Waals surface area contributed by atoms with Crippen LogP contribution in [-0.2, 0) is 57.2 Å². The summed E-state index contributed by atoms with van der Waals surface area (Å²) in [6.07, 6.45) is 0. The zero-order valence-corrected chi connectivity index (χ0v) is 32.3. The first-order valence-electron chi connectivity index (χ1n) is 15.8. The Morgan fingerprint density at radius 2 is 0.632 bits per heavy atom. The number of hydrogen-bond donors (Lipinski definition) is 6. The number of sulfonamides is 4. The quantitative estimate of drug-likeness (QED) is 0.136. The number of rotatable bonds is 4. The molecule has 10 N–H and O–H groups in total. The van der Waals surface area contributed by atoms with Gasteiger partial charge in [0.05, 0.1) is 10.8 Å². The monoisotopic (exact) mass is 893 g/mol. The topological polar surface area (TPSA) is 350 Å². The fourth-order valence-electron chi connectivity index (χ4n) is 6.85. The van der Waals surface area contributed by atoms with Crippen LogP contribution in [0.4, 0.5) is 0 Å². The van der Waals surface area contributed by atoms with Crippen LogP contribution in [0.15, 0.2) is 92.4 Å². The molecule has 0 spiro atoms. The van der Waals surface area contributed by atoms with Gasteiger partial charge in [0.1, 0.15) is 42.2 Å². The van der Waals surface area contributed by atoms with Crippen molar-refractivity contribution in [2.45, 2.75) is 19.6 Å². The van der Waals surface area contributed by atoms with Crippen molar-refractivity contribution in [2.24, 2.45) is 20.6 Å². The first-order chi connectivity index (χ1) is 26.3. The molecule has 0 saturated carbocycles. The molecule has 5 heterocycles. The zero-order chi connectivity index (χ0) is 39.7. The van der Waals surface area contributed by atoms with E-state index in [0.717, 1.165) is 0 Å². The van der Waals surface area contributed by atoms with Crippen molar-refractivity contribution in [3.05, 3.63) is 72.8 Å². The van der Waals surface area contributed by atoms with E-state index in [-0.39, 0.29) is 40.4 Å². The summed E-state index contributed by atoms with van der Waals surface area (Å²) in [6, 6.07) is 20.6. The van der Waals surface area contributed by atoms with Crippen molar-refractivity contribution in [2.75, 3.05) is 0 Å². The molecular weight excluding hydrogens is 872 g/mol. The summed E-state index contributed by atoms with van der Waals surface area (Å²) in [7, 11) is -21.8. The Bertz CT molecular complexity index is 3380. The Labute approximate surface area is 331 Å². The van der Waals surface area contributed by atoms with Gasteiger partial charge in [-0.25, -0.2) is 84.1 Å². The van der Waals surface area contributed by atoms with E-state index >= 15 is 0 Å². The molecule has 0 aliphatic carbocycles. The van der Waals surface area contributed by atoms with Crippen LogP contribution >= 0.6 is 0 Å². The zero-order valence-electron chi connectivity index (χ0n) is 28.1. The molecule has 0 unspecified atom stereocenters. The molecule has 0 fully saturated rings. The second kappa shape index (κ2) is 12.7. The van der Waals surface area contributed by atoms with Crippen molar-refractivity contribution in [3.8, 4) is 45.6 Å². The van der Waals surface area contributed by atoms with Crippen LogP contribution in [0.1, 0.15) is 0 Å². The number of aromatic nitrogens is 8. The molecule has 20 nitrogen and oxygen atoms in total. The Morgan fingerprint density at radius 1 is 0.368 bits per heavy atom. The van der Waals surface area contributed by atoms with Gasteiger partial charge < -0.3 is 9.97 Å². The van der Waals surface area contributed by atoms with Gasteiger partial charge in [-0.2, -0.15) is 0 Å². The van der Waals surface area contributed by atoms with Crippen LogP contribution in [0.2, 0.25) is 0 Å². The maximum absolute atomic E-state index is 13.5. The van der Waals surface area contributed by atoms with Gasteiger partial charge in [0.2, 0.25) is 40.1 Å². The molecule has 293 valence electrons. The van der Waals surface area contributed by atoms with Crippen molar-refractivity contribution in [3.63, 3.8) is 0 Å². The van der Waals surface area contributed by atoms with Crippen LogP contribution in [0.5, 0.6) is 0 Å². The molecule has 25 heteroatoms. The summed E-state index contributed by atoms with van der Waals surface area (Å²) in [5, 5.41) is 21.7. The van der Waals surface area contributed by atoms with Gasteiger partial charge in [-0.15, -0.1) is 0 Å². The molecule has 57 heavy (non-hydrogen) atoms. The van der Waals surface area contributed by atoms with Gasteiger partial charge in [0.25, 0.3) is 0 Å². The van der Waals surface area contributed by atoms with Gasteiger partial charge in [-0.3, -0.25) is 0 Å². The first kappa shape index (κ1) is 38.3. The van der Waals surface area contributed by atoms with Crippen molar-refractivity contribution < 1.29 is 50.7 Å². The van der Waals surface area contributed by atoms with E-state index in [1.165, 1.54) is 0 Å². The molecule has 0 amide bonds. The number of nitrogens with zero attached hydrogens (tertiary/aromatic N) is 6. The Morgan fingerprint density at radius 3 is 0.930 bits per heavy atom. The maximum atomic E-state index is 13.5. The minimum atomic E-state index is -5.52. The molecule has 7 aromatic rings. The summed E-state index contributed by atoms with van der Waals surface area (Å²) < 4.78 is 107. The largest absolute Gasteiger partial charge is 0.324 e. The van der Waals surface area contributed by atoms with Gasteiger partial charge in [-0.05, 0) is 0 Å². The first-order valence-corrected chi connectivity index (χ1v) is 21.9. The molecule has 2 aliphatic rings. The molecule has 0 saturated heterocycles. The van der Waals surface area contributed by atoms with E-state index < -0.39 is 81.7 Å². The van der Waals surface area contributed by atoms with E-state index in [9.17, 15) is 33.7 Å². The van der Waals surface area contributed by atoms with Crippen LogP contribution in [-0.4, -0.2) is 73.5 Å². The molecule has 8 bridgehead atoms. The summed E-state index contributed by atoms with van der Waals surface area (Å²) in [6.45, 7) is 0. The van der Waals surface area contributed by atoms with Crippen LogP contribution in [0.25, 0.3) is 89.7 Å². The second-order valence-electron chi connectivity index (χ2n) is 12.5. The third-order valence-corrected chi connectivity index (χ3v) is 13.3. The molecule has 0 atom stereocenters. The van der Waals surface area contributed by atoms with Gasteiger partial charge in [0.15, 0.2) is 23.3 Å². The number of H-pyrrole nitrogens is 2. The number of primary sulfonamides is 4. The maximum Gasteiger partial charge on any atom is 0.240 e. The minimum absolute atomic E-state index is 0. The summed E-state index contributed by atoms with van der Waals surface area (Å²) >= 11 is 0. The fraction of sp³-hybridized carbons (Fsp3) is 0. The number of hydrogen-bond acceptors (Lipinski definition) is 14. The van der Waals surface area contributed by atoms with Crippen molar-refractivity contribution in [1.82, 2.24) is 39.9 Å². The normalized spacial score (nSPS) is 13.0. The fourth-order valence-corrected chi connectivity index (χ4v) is 12.2. The second-order valence-corrected chi connectivity index (χ2v) is 18.5. The predicted octanol–water partition coefficient (Wildman–Crippen LogP) is 1.46. The summed E-state index contributed by atoms with van der Waals surface area (Å²) in [4.78, 5) is 27.5. The number of fused-ring (bicyclic) bond motifs is 20. The van der Waals surface area contributed by atoms with Gasteiger partial charge in [-0.1, -0.05) is 72.8 Å². The molecule has 2 aliphatic heterocycles. The van der Waals surface area contributed by atoms with Crippen molar-refractivity contribution in [1.29, 1.82) is 0 Å². The molecule has 9 rings (SSSR count). The standard InChI is InChI=1S/C32H22N12O8S4.Cu/c33-53(45,46)21-19-20(22(54(34,47)48)24(56(36,51)52)23(21)55(35,49)50)32-43-30-18-12-6-4-10-16(18)28(41-30)39-26-14-8-2-1-7-13(14)25(37-26)38-27-15-9-3-5-11-17(15)29(40-27)42-31(19)44-32;/h1-12H,(H2,33,45,46)(H2,34,47,48)(H2,35,49,50)(H2,36,51,52)(H2,37,38,39,40,41,42,43,44);. The average molecular weight is 894 g/mol. The van der Waals surface area contributed by atoms with Crippen LogP contribution in [0.3, 0.4) is 0 Å². The van der Waals surface area contributed by atoms with Crippen molar-refractivity contribution >= 4 is 84.2 Å². The Balaban J connectivity index is 0.00000455. The van der Waals surface area contributed by atoms with Gasteiger partial charge >= 0.3 is 0 Å². The number of nitrogens with one attached hydrogen (secondary N) is 2. The Kier molecular flexibility index (Phi) is 8.53. The molecule has 4 aromatic carbocycles. The van der Waals surface area contributed by atoms with E-state index in [0.29, 0.717) is 44.3 Å². The van der Waals surface area contributed by atoms with Crippen LogP contribution < -0.4 is 20.6 Å². The van der Waals surface area contributed by atoms with E-state index in [2.05, 4.69) is 29.9 Å². The predicted molar refractivity (Wildman–Crippen MR) is 202 cm³/mol. The molecular formula is C32H22CuN12O8S4. The molecule has 3 aromatic heterocycles. The third kappa shape index (κ3) is 6.08. The average Bonchev–Trinajstić information content (AvgIpc) is 3.84.